The van der Waals surface area contributed by atoms with Crippen LogP contribution in [0.5, 0.6) is 11.5 Å². The van der Waals surface area contributed by atoms with E-state index in [1.165, 1.54) is 18.1 Å². The number of nitrogens with two attached hydrogens (primary N) is 1. The fourth-order valence-corrected chi connectivity index (χ4v) is 4.40. The molecule has 0 aliphatic carbocycles. The number of ether oxygens (including phenoxy) is 2. The van der Waals surface area contributed by atoms with E-state index in [4.69, 9.17) is 21.6 Å². The van der Waals surface area contributed by atoms with Gasteiger partial charge in [-0.1, -0.05) is 0 Å². The molecule has 0 aliphatic heterocycles. The van der Waals surface area contributed by atoms with Crippen LogP contribution in [0.1, 0.15) is 12.8 Å². The summed E-state index contributed by atoms with van der Waals surface area (Å²) in [7, 11) is 3.24. The molecule has 0 saturated carbocycles. The molecule has 0 bridgehead atoms. The molecule has 1 aromatic carbocycles. The summed E-state index contributed by atoms with van der Waals surface area (Å²) in [6.45, 7) is 0.674. The van der Waals surface area contributed by atoms with Crippen molar-refractivity contribution in [3.8, 4) is 23.8 Å². The first-order valence-corrected chi connectivity index (χ1v) is 9.69. The number of nitrogen functional groups attached to an aromatic ring is 1. The molecule has 0 amide bonds. The van der Waals surface area contributed by atoms with Gasteiger partial charge >= 0.3 is 0 Å². The number of hydrogen-bond donors (Lipinski definition) is 1. The number of benzene rings is 1. The fraction of sp³-hybridized carbons (Fsp3) is 0.278. The molecule has 2 heterocycles. The van der Waals surface area contributed by atoms with Crippen LogP contribution < -0.4 is 15.2 Å². The van der Waals surface area contributed by atoms with Crippen molar-refractivity contribution in [1.82, 2.24) is 19.5 Å². The molecule has 9 heteroatoms. The minimum Gasteiger partial charge on any atom is -0.497 e. The SMILES string of the molecule is C#CCCCn1c(Sc2cc(OC)cc(Br)c2OC)nc2c(N)ncnc21. The maximum Gasteiger partial charge on any atom is 0.175 e. The number of anilines is 1. The number of aromatic nitrogens is 4. The summed E-state index contributed by atoms with van der Waals surface area (Å²) in [5.74, 6) is 4.41. The largest absolute Gasteiger partial charge is 0.497 e. The molecule has 3 aromatic rings. The summed E-state index contributed by atoms with van der Waals surface area (Å²) in [6.07, 6.45) is 8.30. The lowest BCUT2D eigenvalue weighted by Gasteiger charge is -2.13. The van der Waals surface area contributed by atoms with E-state index in [0.29, 0.717) is 41.4 Å². The first kappa shape index (κ1) is 19.3. The van der Waals surface area contributed by atoms with E-state index in [1.807, 2.05) is 16.7 Å². The first-order valence-electron chi connectivity index (χ1n) is 8.08. The van der Waals surface area contributed by atoms with Crippen LogP contribution in [0.15, 0.2) is 33.0 Å². The number of imidazole rings is 1. The summed E-state index contributed by atoms with van der Waals surface area (Å²) in [5.41, 5.74) is 7.25. The van der Waals surface area contributed by atoms with Gasteiger partial charge in [0.15, 0.2) is 22.1 Å². The zero-order valence-corrected chi connectivity index (χ0v) is 17.3. The molecule has 0 saturated heterocycles. The molecule has 0 radical (unpaired) electrons. The van der Waals surface area contributed by atoms with Crippen molar-refractivity contribution in [3.05, 3.63) is 22.9 Å². The van der Waals surface area contributed by atoms with Crippen LogP contribution in [-0.4, -0.2) is 33.7 Å². The highest BCUT2D eigenvalue weighted by Crippen LogP contribution is 2.42. The van der Waals surface area contributed by atoms with Gasteiger partial charge in [-0.2, -0.15) is 0 Å². The molecule has 0 atom stereocenters. The predicted molar refractivity (Wildman–Crippen MR) is 109 cm³/mol. The van der Waals surface area contributed by atoms with E-state index in [0.717, 1.165) is 20.9 Å². The van der Waals surface area contributed by atoms with Gasteiger partial charge in [0.1, 0.15) is 17.8 Å². The van der Waals surface area contributed by atoms with Gasteiger partial charge < -0.3 is 19.8 Å². The van der Waals surface area contributed by atoms with E-state index < -0.39 is 0 Å². The average molecular weight is 448 g/mol. The Morgan fingerprint density at radius 3 is 2.81 bits per heavy atom. The Morgan fingerprint density at radius 2 is 2.11 bits per heavy atom. The Kier molecular flexibility index (Phi) is 6.08. The van der Waals surface area contributed by atoms with Gasteiger partial charge in [-0.25, -0.2) is 15.0 Å². The zero-order chi connectivity index (χ0) is 19.4. The lowest BCUT2D eigenvalue weighted by atomic mass is 10.3. The number of aryl methyl sites for hydroxylation is 1. The highest BCUT2D eigenvalue weighted by Gasteiger charge is 2.19. The van der Waals surface area contributed by atoms with E-state index in [9.17, 15) is 0 Å². The Bertz CT molecular complexity index is 1020. The number of unbranched alkanes of at least 4 members (excludes halogenated alkanes) is 1. The molecule has 3 rings (SSSR count). The lowest BCUT2D eigenvalue weighted by molar-refractivity contribution is 0.391. The van der Waals surface area contributed by atoms with Crippen LogP contribution in [0.25, 0.3) is 11.2 Å². The number of rotatable bonds is 7. The highest BCUT2D eigenvalue weighted by atomic mass is 79.9. The second-order valence-corrected chi connectivity index (χ2v) is 7.39. The van der Waals surface area contributed by atoms with Crippen LogP contribution in [0.2, 0.25) is 0 Å². The summed E-state index contributed by atoms with van der Waals surface area (Å²) in [4.78, 5) is 13.9. The Hall–Kier alpha value is -2.44. The van der Waals surface area contributed by atoms with Crippen molar-refractivity contribution < 1.29 is 9.47 Å². The van der Waals surface area contributed by atoms with Gasteiger partial charge in [0, 0.05) is 13.0 Å². The first-order chi connectivity index (χ1) is 13.1. The molecule has 27 heavy (non-hydrogen) atoms. The molecule has 0 unspecified atom stereocenters. The standard InChI is InChI=1S/C18H18BrN5O2S/c1-4-5-6-7-24-17-14(16(20)21-10-22-17)23-18(24)27-13-9-11(25-2)8-12(19)15(13)26-3/h1,8-10H,5-7H2,2-3H3,(H2,20,21,22). The topological polar surface area (TPSA) is 88.1 Å². The number of nitrogens with zero attached hydrogens (tertiary/aromatic N) is 4. The van der Waals surface area contributed by atoms with Crippen molar-refractivity contribution >= 4 is 44.7 Å². The molecular formula is C18H18BrN5O2S. The van der Waals surface area contributed by atoms with Gasteiger partial charge in [-0.05, 0) is 46.2 Å². The van der Waals surface area contributed by atoms with Gasteiger partial charge in [0.05, 0.1) is 23.6 Å². The Balaban J connectivity index is 2.09. The molecule has 0 fully saturated rings. The van der Waals surface area contributed by atoms with Crippen LogP contribution in [0.3, 0.4) is 0 Å². The summed E-state index contributed by atoms with van der Waals surface area (Å²) >= 11 is 4.96. The van der Waals surface area contributed by atoms with Gasteiger partial charge in [0.25, 0.3) is 0 Å². The minimum absolute atomic E-state index is 0.344. The van der Waals surface area contributed by atoms with E-state index in [2.05, 4.69) is 36.8 Å². The zero-order valence-electron chi connectivity index (χ0n) is 14.9. The molecule has 0 spiro atoms. The van der Waals surface area contributed by atoms with Crippen LogP contribution in [0.4, 0.5) is 5.82 Å². The molecular weight excluding hydrogens is 430 g/mol. The van der Waals surface area contributed by atoms with Crippen LogP contribution >= 0.6 is 27.7 Å². The molecule has 140 valence electrons. The van der Waals surface area contributed by atoms with Crippen molar-refractivity contribution in [2.75, 3.05) is 20.0 Å². The van der Waals surface area contributed by atoms with Crippen LogP contribution in [0, 0.1) is 12.3 Å². The van der Waals surface area contributed by atoms with E-state index in [-0.39, 0.29) is 0 Å². The third-order valence-corrected chi connectivity index (χ3v) is 5.46. The van der Waals surface area contributed by atoms with E-state index in [1.54, 1.807) is 14.2 Å². The summed E-state index contributed by atoms with van der Waals surface area (Å²) in [6, 6.07) is 3.75. The number of terminal acetylenes is 1. The lowest BCUT2D eigenvalue weighted by Crippen LogP contribution is -2.02. The van der Waals surface area contributed by atoms with Crippen molar-refractivity contribution in [2.24, 2.45) is 0 Å². The second-order valence-electron chi connectivity index (χ2n) is 5.53. The smallest absolute Gasteiger partial charge is 0.175 e. The second kappa shape index (κ2) is 8.50. The third kappa shape index (κ3) is 3.96. The summed E-state index contributed by atoms with van der Waals surface area (Å²) < 4.78 is 13.7. The minimum atomic E-state index is 0.344. The van der Waals surface area contributed by atoms with Gasteiger partial charge in [-0.3, -0.25) is 0 Å². The van der Waals surface area contributed by atoms with Crippen molar-refractivity contribution in [2.45, 2.75) is 29.4 Å². The number of methoxy groups -OCH3 is 2. The molecule has 2 aromatic heterocycles. The van der Waals surface area contributed by atoms with Crippen molar-refractivity contribution in [1.29, 1.82) is 0 Å². The fourth-order valence-electron chi connectivity index (χ4n) is 2.59. The van der Waals surface area contributed by atoms with Crippen LogP contribution in [-0.2, 0) is 6.54 Å². The number of fused-ring (bicyclic) bond motifs is 1. The maximum absolute atomic E-state index is 5.99. The highest BCUT2D eigenvalue weighted by molar-refractivity contribution is 9.10. The molecule has 7 nitrogen and oxygen atoms in total. The van der Waals surface area contributed by atoms with Crippen molar-refractivity contribution in [3.63, 3.8) is 0 Å². The predicted octanol–water partition coefficient (Wildman–Crippen LogP) is 3.75. The number of hydrogen-bond acceptors (Lipinski definition) is 7. The average Bonchev–Trinajstić information content (AvgIpc) is 3.00. The number of halogens is 1. The van der Waals surface area contributed by atoms with Gasteiger partial charge in [0.2, 0.25) is 0 Å². The molecule has 2 N–H and O–H groups in total. The molecule has 0 aliphatic rings. The normalized spacial score (nSPS) is 10.7. The monoisotopic (exact) mass is 447 g/mol. The Morgan fingerprint density at radius 1 is 1.30 bits per heavy atom. The maximum atomic E-state index is 5.99. The van der Waals surface area contributed by atoms with E-state index >= 15 is 0 Å². The Labute approximate surface area is 169 Å². The van der Waals surface area contributed by atoms with Gasteiger partial charge in [-0.15, -0.1) is 12.3 Å². The quantitative estimate of drug-likeness (QED) is 0.435. The summed E-state index contributed by atoms with van der Waals surface area (Å²) in [5, 5.41) is 0.729. The third-order valence-electron chi connectivity index (χ3n) is 3.85.